The monoisotopic (exact) mass is 231 g/mol. The Morgan fingerprint density at radius 1 is 1.12 bits per heavy atom. The van der Waals surface area contributed by atoms with Crippen LogP contribution in [0.1, 0.15) is 56.2 Å². The van der Waals surface area contributed by atoms with Gasteiger partial charge in [0.05, 0.1) is 6.54 Å². The minimum atomic E-state index is 0.496. The third kappa shape index (κ3) is 2.36. The van der Waals surface area contributed by atoms with Gasteiger partial charge in [-0.2, -0.15) is 0 Å². The van der Waals surface area contributed by atoms with Gasteiger partial charge < -0.3 is 4.74 Å². The average molecular weight is 231 g/mol. The van der Waals surface area contributed by atoms with Crippen molar-refractivity contribution in [3.8, 4) is 0 Å². The normalized spacial score (nSPS) is 15.3. The lowest BCUT2D eigenvalue weighted by Crippen LogP contribution is -2.10. The number of hydrogen-bond acceptors (Lipinski definition) is 2. The molecule has 2 heteroatoms. The van der Waals surface area contributed by atoms with Gasteiger partial charge in [-0.15, -0.1) is 0 Å². The first kappa shape index (κ1) is 12.2. The molecular weight excluding hydrogens is 210 g/mol. The molecule has 0 amide bonds. The van der Waals surface area contributed by atoms with Crippen molar-refractivity contribution >= 4 is 5.90 Å². The van der Waals surface area contributed by atoms with Crippen molar-refractivity contribution in [3.63, 3.8) is 0 Å². The van der Waals surface area contributed by atoms with Crippen LogP contribution in [0.5, 0.6) is 0 Å². The largest absolute Gasteiger partial charge is 0.476 e. The van der Waals surface area contributed by atoms with Crippen molar-refractivity contribution in [1.29, 1.82) is 0 Å². The molecule has 0 bridgehead atoms. The molecule has 17 heavy (non-hydrogen) atoms. The Morgan fingerprint density at radius 3 is 2.41 bits per heavy atom. The number of aliphatic imine (C=N–C) groups is 1. The van der Waals surface area contributed by atoms with Gasteiger partial charge in [0.1, 0.15) is 6.61 Å². The fourth-order valence-electron chi connectivity index (χ4n) is 2.42. The Kier molecular flexibility index (Phi) is 3.51. The SMILES string of the molecule is CC(C)c1cccc(C2=NCCO2)c1C(C)C. The molecule has 1 aromatic rings. The van der Waals surface area contributed by atoms with Crippen molar-refractivity contribution in [3.05, 3.63) is 34.9 Å². The molecule has 0 fully saturated rings. The van der Waals surface area contributed by atoms with Crippen LogP contribution in [0.3, 0.4) is 0 Å². The van der Waals surface area contributed by atoms with Gasteiger partial charge in [-0.05, 0) is 29.0 Å². The van der Waals surface area contributed by atoms with Gasteiger partial charge in [-0.25, -0.2) is 4.99 Å². The number of rotatable bonds is 3. The summed E-state index contributed by atoms with van der Waals surface area (Å²) in [5.74, 6) is 1.86. The molecule has 1 aliphatic rings. The molecule has 0 aliphatic carbocycles. The number of ether oxygens (including phenoxy) is 1. The number of nitrogens with zero attached hydrogens (tertiary/aromatic N) is 1. The summed E-state index contributed by atoms with van der Waals surface area (Å²) in [5, 5.41) is 0. The van der Waals surface area contributed by atoms with Crippen molar-refractivity contribution in [2.24, 2.45) is 4.99 Å². The van der Waals surface area contributed by atoms with E-state index in [2.05, 4.69) is 50.9 Å². The Morgan fingerprint density at radius 2 is 1.88 bits per heavy atom. The second-order valence-electron chi connectivity index (χ2n) is 5.15. The molecule has 1 heterocycles. The lowest BCUT2D eigenvalue weighted by Gasteiger charge is -2.19. The third-order valence-electron chi connectivity index (χ3n) is 3.16. The second-order valence-corrected chi connectivity index (χ2v) is 5.15. The molecule has 2 nitrogen and oxygen atoms in total. The summed E-state index contributed by atoms with van der Waals surface area (Å²) >= 11 is 0. The van der Waals surface area contributed by atoms with Gasteiger partial charge in [-0.3, -0.25) is 0 Å². The summed E-state index contributed by atoms with van der Waals surface area (Å²) in [4.78, 5) is 4.44. The van der Waals surface area contributed by atoms with Gasteiger partial charge in [0.25, 0.3) is 0 Å². The van der Waals surface area contributed by atoms with Crippen LogP contribution in [0.15, 0.2) is 23.2 Å². The Balaban J connectivity index is 2.54. The molecule has 0 saturated carbocycles. The van der Waals surface area contributed by atoms with Gasteiger partial charge in [0.2, 0.25) is 5.90 Å². The molecule has 0 saturated heterocycles. The smallest absolute Gasteiger partial charge is 0.216 e. The zero-order valence-electron chi connectivity index (χ0n) is 11.2. The van der Waals surface area contributed by atoms with E-state index in [-0.39, 0.29) is 0 Å². The van der Waals surface area contributed by atoms with Crippen LogP contribution in [0, 0.1) is 0 Å². The summed E-state index contributed by atoms with van der Waals surface area (Å²) in [6.07, 6.45) is 0. The molecule has 1 aliphatic heterocycles. The molecule has 0 spiro atoms. The van der Waals surface area contributed by atoms with Crippen LogP contribution < -0.4 is 0 Å². The molecule has 0 atom stereocenters. The van der Waals surface area contributed by atoms with Gasteiger partial charge in [0, 0.05) is 5.56 Å². The van der Waals surface area contributed by atoms with E-state index in [4.69, 9.17) is 4.74 Å². The maximum absolute atomic E-state index is 5.61. The van der Waals surface area contributed by atoms with Crippen molar-refractivity contribution in [2.45, 2.75) is 39.5 Å². The van der Waals surface area contributed by atoms with Gasteiger partial charge in [-0.1, -0.05) is 39.8 Å². The minimum absolute atomic E-state index is 0.496. The van der Waals surface area contributed by atoms with Gasteiger partial charge >= 0.3 is 0 Å². The summed E-state index contributed by atoms with van der Waals surface area (Å²) in [6.45, 7) is 10.5. The summed E-state index contributed by atoms with van der Waals surface area (Å²) in [6, 6.07) is 6.46. The van der Waals surface area contributed by atoms with E-state index in [9.17, 15) is 0 Å². The standard InChI is InChI=1S/C15H21NO/c1-10(2)12-6-5-7-13(14(12)11(3)4)15-16-8-9-17-15/h5-7,10-11H,8-9H2,1-4H3. The number of hydrogen-bond donors (Lipinski definition) is 0. The lowest BCUT2D eigenvalue weighted by molar-refractivity contribution is 0.348. The van der Waals surface area contributed by atoms with E-state index in [1.54, 1.807) is 0 Å². The summed E-state index contributed by atoms with van der Waals surface area (Å²) < 4.78 is 5.61. The van der Waals surface area contributed by atoms with Crippen molar-refractivity contribution in [1.82, 2.24) is 0 Å². The fourth-order valence-corrected chi connectivity index (χ4v) is 2.42. The molecule has 92 valence electrons. The predicted molar refractivity (Wildman–Crippen MR) is 72.0 cm³/mol. The van der Waals surface area contributed by atoms with Crippen LogP contribution >= 0.6 is 0 Å². The molecular formula is C15H21NO. The van der Waals surface area contributed by atoms with Crippen LogP contribution in [-0.2, 0) is 4.74 Å². The summed E-state index contributed by atoms with van der Waals surface area (Å²) in [5.41, 5.74) is 3.99. The highest BCUT2D eigenvalue weighted by Crippen LogP contribution is 2.30. The maximum Gasteiger partial charge on any atom is 0.216 e. The number of benzene rings is 1. The second kappa shape index (κ2) is 4.91. The minimum Gasteiger partial charge on any atom is -0.476 e. The first-order valence-electron chi connectivity index (χ1n) is 6.41. The van der Waals surface area contributed by atoms with E-state index in [0.29, 0.717) is 11.8 Å². The molecule has 0 radical (unpaired) electrons. The van der Waals surface area contributed by atoms with E-state index >= 15 is 0 Å². The van der Waals surface area contributed by atoms with Crippen LogP contribution in [0.4, 0.5) is 0 Å². The Hall–Kier alpha value is -1.31. The maximum atomic E-state index is 5.61. The third-order valence-corrected chi connectivity index (χ3v) is 3.16. The predicted octanol–water partition coefficient (Wildman–Crippen LogP) is 3.71. The van der Waals surface area contributed by atoms with E-state index < -0.39 is 0 Å². The highest BCUT2D eigenvalue weighted by Gasteiger charge is 2.20. The topological polar surface area (TPSA) is 21.6 Å². The van der Waals surface area contributed by atoms with E-state index in [0.717, 1.165) is 19.0 Å². The first-order chi connectivity index (χ1) is 8.11. The zero-order chi connectivity index (χ0) is 12.4. The zero-order valence-corrected chi connectivity index (χ0v) is 11.2. The van der Waals surface area contributed by atoms with E-state index in [1.165, 1.54) is 16.7 Å². The van der Waals surface area contributed by atoms with Crippen LogP contribution in [-0.4, -0.2) is 19.0 Å². The Labute approximate surface area is 104 Å². The highest BCUT2D eigenvalue weighted by molar-refractivity contribution is 5.97. The van der Waals surface area contributed by atoms with E-state index in [1.807, 2.05) is 0 Å². The average Bonchev–Trinajstić information content (AvgIpc) is 2.81. The lowest BCUT2D eigenvalue weighted by atomic mass is 9.87. The summed E-state index contributed by atoms with van der Waals surface area (Å²) in [7, 11) is 0. The molecule has 0 N–H and O–H groups in total. The Bertz CT molecular complexity index is 433. The highest BCUT2D eigenvalue weighted by atomic mass is 16.5. The fraction of sp³-hybridized carbons (Fsp3) is 0.533. The molecule has 0 aromatic heterocycles. The van der Waals surface area contributed by atoms with Gasteiger partial charge in [0.15, 0.2) is 0 Å². The first-order valence-corrected chi connectivity index (χ1v) is 6.41. The molecule has 1 aromatic carbocycles. The van der Waals surface area contributed by atoms with Crippen molar-refractivity contribution < 1.29 is 4.74 Å². The molecule has 2 rings (SSSR count). The van der Waals surface area contributed by atoms with Crippen LogP contribution in [0.25, 0.3) is 0 Å². The van der Waals surface area contributed by atoms with Crippen LogP contribution in [0.2, 0.25) is 0 Å². The van der Waals surface area contributed by atoms with Crippen molar-refractivity contribution in [2.75, 3.05) is 13.2 Å². The quantitative estimate of drug-likeness (QED) is 0.777. The molecule has 0 unspecified atom stereocenters.